The molecule has 2 aromatic rings. The van der Waals surface area contributed by atoms with E-state index in [4.69, 9.17) is 15.2 Å². The summed E-state index contributed by atoms with van der Waals surface area (Å²) in [5.74, 6) is 1.84. The summed E-state index contributed by atoms with van der Waals surface area (Å²) in [6.45, 7) is 1.09. The normalized spacial score (nSPS) is 14.8. The first-order valence-corrected chi connectivity index (χ1v) is 6.51. The summed E-state index contributed by atoms with van der Waals surface area (Å²) < 4.78 is 11.0. The minimum Gasteiger partial charge on any atom is -0.486 e. The van der Waals surface area contributed by atoms with Crippen LogP contribution in [-0.4, -0.2) is 23.3 Å². The molecule has 0 amide bonds. The molecule has 104 valence electrons. The number of pyridine rings is 1. The van der Waals surface area contributed by atoms with Gasteiger partial charge in [-0.05, 0) is 29.3 Å². The fourth-order valence-electron chi connectivity index (χ4n) is 2.22. The third-order valence-electron chi connectivity index (χ3n) is 3.29. The number of ether oxygens (including phenoxy) is 2. The molecular formula is C15H16N2O3. The van der Waals surface area contributed by atoms with Crippen LogP contribution >= 0.6 is 0 Å². The van der Waals surface area contributed by atoms with E-state index >= 15 is 0 Å². The molecule has 0 radical (unpaired) electrons. The topological polar surface area (TPSA) is 77.6 Å². The van der Waals surface area contributed by atoms with Crippen LogP contribution in [0.15, 0.2) is 36.5 Å². The van der Waals surface area contributed by atoms with Crippen LogP contribution in [0.4, 0.5) is 5.82 Å². The second-order valence-corrected chi connectivity index (χ2v) is 4.67. The van der Waals surface area contributed by atoms with Gasteiger partial charge in [0.15, 0.2) is 11.5 Å². The number of aliphatic hydroxyl groups is 1. The van der Waals surface area contributed by atoms with Crippen molar-refractivity contribution in [3.8, 4) is 11.5 Å². The number of aliphatic hydroxyl groups excluding tert-OH is 1. The van der Waals surface area contributed by atoms with Gasteiger partial charge < -0.3 is 20.3 Å². The van der Waals surface area contributed by atoms with Crippen molar-refractivity contribution in [2.24, 2.45) is 0 Å². The van der Waals surface area contributed by atoms with E-state index in [0.717, 1.165) is 11.1 Å². The number of nitrogens with two attached hydrogens (primary N) is 1. The third-order valence-corrected chi connectivity index (χ3v) is 3.29. The van der Waals surface area contributed by atoms with Gasteiger partial charge in [0.05, 0.1) is 6.10 Å². The highest BCUT2D eigenvalue weighted by Gasteiger charge is 2.16. The summed E-state index contributed by atoms with van der Waals surface area (Å²) in [4.78, 5) is 4.02. The largest absolute Gasteiger partial charge is 0.486 e. The molecule has 1 unspecified atom stereocenters. The molecule has 3 rings (SSSR count). The number of anilines is 1. The molecular weight excluding hydrogens is 256 g/mol. The average Bonchev–Trinajstić information content (AvgIpc) is 2.49. The minimum atomic E-state index is -0.655. The van der Waals surface area contributed by atoms with E-state index < -0.39 is 6.10 Å². The monoisotopic (exact) mass is 272 g/mol. The van der Waals surface area contributed by atoms with Crippen molar-refractivity contribution in [1.29, 1.82) is 0 Å². The fraction of sp³-hybridized carbons (Fsp3) is 0.267. The lowest BCUT2D eigenvalue weighted by Crippen LogP contribution is -2.15. The third kappa shape index (κ3) is 2.53. The van der Waals surface area contributed by atoms with Gasteiger partial charge in [0, 0.05) is 12.6 Å². The summed E-state index contributed by atoms with van der Waals surface area (Å²) in [7, 11) is 0. The number of aromatic nitrogens is 1. The first-order chi connectivity index (χ1) is 9.74. The van der Waals surface area contributed by atoms with Crippen LogP contribution in [0, 0.1) is 0 Å². The van der Waals surface area contributed by atoms with Gasteiger partial charge in [0.1, 0.15) is 19.0 Å². The second kappa shape index (κ2) is 5.38. The number of nitrogen functional groups attached to an aromatic ring is 1. The second-order valence-electron chi connectivity index (χ2n) is 4.67. The van der Waals surface area contributed by atoms with E-state index in [1.54, 1.807) is 6.20 Å². The Balaban J connectivity index is 1.80. The SMILES string of the molecule is Nc1ncccc1CC(O)c1ccc2c(c1)OCCO2. The highest BCUT2D eigenvalue weighted by Crippen LogP contribution is 2.33. The Hall–Kier alpha value is -2.27. The van der Waals surface area contributed by atoms with Gasteiger partial charge >= 0.3 is 0 Å². The van der Waals surface area contributed by atoms with Gasteiger partial charge in [-0.3, -0.25) is 0 Å². The molecule has 1 aliphatic heterocycles. The number of hydrogen-bond acceptors (Lipinski definition) is 5. The number of fused-ring (bicyclic) bond motifs is 1. The summed E-state index contributed by atoms with van der Waals surface area (Å²) >= 11 is 0. The molecule has 5 nitrogen and oxygen atoms in total. The van der Waals surface area contributed by atoms with E-state index in [9.17, 15) is 5.11 Å². The van der Waals surface area contributed by atoms with E-state index in [1.165, 1.54) is 0 Å². The van der Waals surface area contributed by atoms with Crippen LogP contribution in [0.25, 0.3) is 0 Å². The van der Waals surface area contributed by atoms with E-state index in [1.807, 2.05) is 30.3 Å². The smallest absolute Gasteiger partial charge is 0.161 e. The van der Waals surface area contributed by atoms with Crippen LogP contribution in [0.3, 0.4) is 0 Å². The lowest BCUT2D eigenvalue weighted by molar-refractivity contribution is 0.164. The van der Waals surface area contributed by atoms with Gasteiger partial charge in [0.25, 0.3) is 0 Å². The van der Waals surface area contributed by atoms with Gasteiger partial charge in [-0.2, -0.15) is 0 Å². The first kappa shape index (κ1) is 12.7. The van der Waals surface area contributed by atoms with Gasteiger partial charge in [0.2, 0.25) is 0 Å². The molecule has 1 aromatic carbocycles. The molecule has 0 saturated carbocycles. The van der Waals surface area contributed by atoms with Crippen LogP contribution < -0.4 is 15.2 Å². The predicted molar refractivity (Wildman–Crippen MR) is 74.7 cm³/mol. The lowest BCUT2D eigenvalue weighted by Gasteiger charge is -2.20. The first-order valence-electron chi connectivity index (χ1n) is 6.51. The van der Waals surface area contributed by atoms with E-state index in [2.05, 4.69) is 4.98 Å². The van der Waals surface area contributed by atoms with Crippen LogP contribution in [0.1, 0.15) is 17.2 Å². The molecule has 1 aliphatic rings. The molecule has 5 heteroatoms. The molecule has 0 aliphatic carbocycles. The molecule has 20 heavy (non-hydrogen) atoms. The maximum absolute atomic E-state index is 10.3. The Morgan fingerprint density at radius 3 is 2.80 bits per heavy atom. The zero-order valence-corrected chi connectivity index (χ0v) is 11.0. The summed E-state index contributed by atoms with van der Waals surface area (Å²) in [6, 6.07) is 9.14. The van der Waals surface area contributed by atoms with Crippen LogP contribution in [0.2, 0.25) is 0 Å². The number of benzene rings is 1. The van der Waals surface area contributed by atoms with Crippen molar-refractivity contribution in [1.82, 2.24) is 4.98 Å². The fourth-order valence-corrected chi connectivity index (χ4v) is 2.22. The molecule has 0 fully saturated rings. The molecule has 1 atom stereocenters. The van der Waals surface area contributed by atoms with E-state index in [0.29, 0.717) is 37.0 Å². The molecule has 2 heterocycles. The molecule has 3 N–H and O–H groups in total. The molecule has 0 bridgehead atoms. The van der Waals surface area contributed by atoms with Crippen LogP contribution in [-0.2, 0) is 6.42 Å². The Bertz CT molecular complexity index is 616. The van der Waals surface area contributed by atoms with Crippen molar-refractivity contribution in [2.45, 2.75) is 12.5 Å². The summed E-state index contributed by atoms with van der Waals surface area (Å²) in [5.41, 5.74) is 7.39. The highest BCUT2D eigenvalue weighted by atomic mass is 16.6. The molecule has 0 saturated heterocycles. The van der Waals surface area contributed by atoms with Gasteiger partial charge in [-0.1, -0.05) is 12.1 Å². The van der Waals surface area contributed by atoms with Crippen molar-refractivity contribution >= 4 is 5.82 Å². The van der Waals surface area contributed by atoms with Gasteiger partial charge in [-0.25, -0.2) is 4.98 Å². The highest BCUT2D eigenvalue weighted by molar-refractivity contribution is 5.45. The lowest BCUT2D eigenvalue weighted by atomic mass is 10.0. The average molecular weight is 272 g/mol. The predicted octanol–water partition coefficient (Wildman–Crippen LogP) is 1.71. The van der Waals surface area contributed by atoms with Crippen molar-refractivity contribution in [2.75, 3.05) is 18.9 Å². The van der Waals surface area contributed by atoms with Gasteiger partial charge in [-0.15, -0.1) is 0 Å². The number of hydrogen-bond donors (Lipinski definition) is 2. The maximum atomic E-state index is 10.3. The van der Waals surface area contributed by atoms with Crippen molar-refractivity contribution in [3.05, 3.63) is 47.7 Å². The zero-order valence-electron chi connectivity index (χ0n) is 11.0. The quantitative estimate of drug-likeness (QED) is 0.889. The standard InChI is InChI=1S/C15H16N2O3/c16-15-11(2-1-5-17-15)8-12(18)10-3-4-13-14(9-10)20-7-6-19-13/h1-5,9,12,18H,6-8H2,(H2,16,17). The van der Waals surface area contributed by atoms with Crippen molar-refractivity contribution < 1.29 is 14.6 Å². The van der Waals surface area contributed by atoms with Crippen molar-refractivity contribution in [3.63, 3.8) is 0 Å². The zero-order chi connectivity index (χ0) is 13.9. The Morgan fingerprint density at radius 1 is 1.20 bits per heavy atom. The molecule has 1 aromatic heterocycles. The molecule has 0 spiro atoms. The Labute approximate surface area is 117 Å². The minimum absolute atomic E-state index is 0.416. The number of rotatable bonds is 3. The van der Waals surface area contributed by atoms with E-state index in [-0.39, 0.29) is 0 Å². The summed E-state index contributed by atoms with van der Waals surface area (Å²) in [5, 5.41) is 10.3. The van der Waals surface area contributed by atoms with Crippen LogP contribution in [0.5, 0.6) is 11.5 Å². The maximum Gasteiger partial charge on any atom is 0.161 e. The Morgan fingerprint density at radius 2 is 2.00 bits per heavy atom. The number of nitrogens with zero attached hydrogens (tertiary/aromatic N) is 1. The summed E-state index contributed by atoms with van der Waals surface area (Å²) in [6.07, 6.45) is 1.39. The Kier molecular flexibility index (Phi) is 3.43.